The highest BCUT2D eigenvalue weighted by Gasteiger charge is 2.35. The van der Waals surface area contributed by atoms with Crippen LogP contribution in [0.1, 0.15) is 32.1 Å². The number of hydrogen-bond donors (Lipinski definition) is 3. The van der Waals surface area contributed by atoms with Crippen LogP contribution >= 0.6 is 0 Å². The first-order valence-electron chi connectivity index (χ1n) is 7.72. The van der Waals surface area contributed by atoms with Crippen molar-refractivity contribution < 1.29 is 13.2 Å². The van der Waals surface area contributed by atoms with E-state index in [0.29, 0.717) is 19.0 Å². The lowest BCUT2D eigenvalue weighted by atomic mass is 10.0. The molecule has 2 heterocycles. The zero-order chi connectivity index (χ0) is 15.3. The van der Waals surface area contributed by atoms with Crippen LogP contribution < -0.4 is 15.8 Å². The number of hydrogen-bond acceptors (Lipinski definition) is 5. The summed E-state index contributed by atoms with van der Waals surface area (Å²) in [6.45, 7) is 3.39. The van der Waals surface area contributed by atoms with E-state index in [9.17, 15) is 13.2 Å². The average molecular weight is 318 g/mol. The molecule has 2 rings (SSSR count). The van der Waals surface area contributed by atoms with E-state index < -0.39 is 10.0 Å². The Kier molecular flexibility index (Phi) is 5.98. The van der Waals surface area contributed by atoms with Gasteiger partial charge in [0.2, 0.25) is 15.9 Å². The Labute approximate surface area is 126 Å². The van der Waals surface area contributed by atoms with E-state index in [1.165, 1.54) is 0 Å². The van der Waals surface area contributed by atoms with Crippen LogP contribution in [0.4, 0.5) is 0 Å². The smallest absolute Gasteiger partial charge is 0.237 e. The number of sulfonamides is 1. The van der Waals surface area contributed by atoms with Crippen LogP contribution in [-0.2, 0) is 14.8 Å². The lowest BCUT2D eigenvalue weighted by molar-refractivity contribution is -0.126. The van der Waals surface area contributed by atoms with E-state index in [1.807, 2.05) is 0 Å². The summed E-state index contributed by atoms with van der Waals surface area (Å²) in [5.74, 6) is -0.0591. The van der Waals surface area contributed by atoms with Gasteiger partial charge in [0.1, 0.15) is 0 Å². The van der Waals surface area contributed by atoms with Crippen molar-refractivity contribution in [3.05, 3.63) is 0 Å². The van der Waals surface area contributed by atoms with Crippen molar-refractivity contribution in [2.45, 2.75) is 44.2 Å². The molecule has 2 saturated heterocycles. The van der Waals surface area contributed by atoms with E-state index >= 15 is 0 Å². The largest absolute Gasteiger partial charge is 0.355 e. The maximum atomic E-state index is 12.3. The lowest BCUT2D eigenvalue weighted by Gasteiger charge is -2.35. The minimum atomic E-state index is -3.44. The van der Waals surface area contributed by atoms with E-state index in [2.05, 4.69) is 15.5 Å². The van der Waals surface area contributed by atoms with Crippen LogP contribution in [-0.4, -0.2) is 63.2 Å². The van der Waals surface area contributed by atoms with Gasteiger partial charge in [0, 0.05) is 12.6 Å². The van der Waals surface area contributed by atoms with Crippen LogP contribution in [0.5, 0.6) is 0 Å². The molecule has 0 aromatic rings. The average Bonchev–Trinajstić information content (AvgIpc) is 2.93. The number of carbonyl (C=O) groups is 1. The highest BCUT2D eigenvalue weighted by atomic mass is 32.2. The molecule has 7 nitrogen and oxygen atoms in total. The Morgan fingerprint density at radius 3 is 2.67 bits per heavy atom. The molecule has 0 saturated carbocycles. The topological polar surface area (TPSA) is 105 Å². The number of piperidine rings is 1. The van der Waals surface area contributed by atoms with E-state index in [-0.39, 0.29) is 17.7 Å². The molecule has 1 unspecified atom stereocenters. The second-order valence-electron chi connectivity index (χ2n) is 5.89. The molecule has 8 heteroatoms. The van der Waals surface area contributed by atoms with Crippen molar-refractivity contribution in [1.29, 1.82) is 0 Å². The summed E-state index contributed by atoms with van der Waals surface area (Å²) in [6.07, 6.45) is 4.50. The van der Waals surface area contributed by atoms with Gasteiger partial charge in [-0.2, -0.15) is 0 Å². The van der Waals surface area contributed by atoms with Gasteiger partial charge in [0.15, 0.2) is 0 Å². The maximum Gasteiger partial charge on any atom is 0.237 e. The van der Waals surface area contributed by atoms with Crippen molar-refractivity contribution in [3.8, 4) is 0 Å². The Balaban J connectivity index is 1.77. The van der Waals surface area contributed by atoms with Crippen molar-refractivity contribution in [2.75, 3.05) is 31.9 Å². The van der Waals surface area contributed by atoms with Gasteiger partial charge in [-0.1, -0.05) is 0 Å². The number of nitrogens with two attached hydrogens (primary N) is 1. The summed E-state index contributed by atoms with van der Waals surface area (Å²) in [6, 6.07) is 0.441. The minimum Gasteiger partial charge on any atom is -0.355 e. The van der Waals surface area contributed by atoms with Crippen LogP contribution in [0.15, 0.2) is 0 Å². The number of likely N-dealkylation sites (tertiary alicyclic amines) is 1. The minimum absolute atomic E-state index is 0.0282. The first-order chi connectivity index (χ1) is 9.97. The highest BCUT2D eigenvalue weighted by Crippen LogP contribution is 2.24. The van der Waals surface area contributed by atoms with Crippen LogP contribution in [0.25, 0.3) is 0 Å². The summed E-state index contributed by atoms with van der Waals surface area (Å²) in [4.78, 5) is 14.6. The Morgan fingerprint density at radius 1 is 1.29 bits per heavy atom. The molecule has 1 amide bonds. The fourth-order valence-corrected chi connectivity index (χ4v) is 3.80. The highest BCUT2D eigenvalue weighted by molar-refractivity contribution is 7.89. The molecular formula is C13H26N4O3S. The third-order valence-corrected chi connectivity index (χ3v) is 5.14. The van der Waals surface area contributed by atoms with Crippen molar-refractivity contribution >= 4 is 15.9 Å². The van der Waals surface area contributed by atoms with E-state index in [1.54, 1.807) is 0 Å². The quantitative estimate of drug-likeness (QED) is 0.545. The summed E-state index contributed by atoms with van der Waals surface area (Å²) in [5, 5.41) is 11.1. The Hall–Kier alpha value is -0.700. The Morgan fingerprint density at radius 2 is 2.00 bits per heavy atom. The molecule has 2 aliphatic heterocycles. The number of nitrogens with zero attached hydrogens (tertiary/aromatic N) is 1. The monoisotopic (exact) mass is 318 g/mol. The van der Waals surface area contributed by atoms with Gasteiger partial charge in [-0.25, -0.2) is 13.6 Å². The number of primary sulfonamides is 1. The Bertz CT molecular complexity index is 448. The predicted molar refractivity (Wildman–Crippen MR) is 81.2 cm³/mol. The van der Waals surface area contributed by atoms with Gasteiger partial charge in [0.25, 0.3) is 0 Å². The summed E-state index contributed by atoms with van der Waals surface area (Å²) in [5.41, 5.74) is 0. The molecule has 2 aliphatic rings. The zero-order valence-electron chi connectivity index (χ0n) is 12.4. The molecular weight excluding hydrogens is 292 g/mol. The molecule has 122 valence electrons. The molecule has 4 N–H and O–H groups in total. The second kappa shape index (κ2) is 7.53. The molecule has 0 aromatic heterocycles. The van der Waals surface area contributed by atoms with Crippen molar-refractivity contribution in [3.63, 3.8) is 0 Å². The van der Waals surface area contributed by atoms with Crippen molar-refractivity contribution in [2.24, 2.45) is 5.14 Å². The third kappa shape index (κ3) is 5.21. The van der Waals surface area contributed by atoms with Gasteiger partial charge in [0.05, 0.1) is 11.8 Å². The standard InChI is InChI=1S/C13H26N4O3S/c14-21(19,20)10-2-6-16-13(18)12-3-1-9-17(12)11-4-7-15-8-5-11/h11-12,15H,1-10H2,(H,16,18)(H2,14,19,20). The molecule has 0 spiro atoms. The van der Waals surface area contributed by atoms with Crippen LogP contribution in [0, 0.1) is 0 Å². The summed E-state index contributed by atoms with van der Waals surface area (Å²) in [7, 11) is -3.44. The summed E-state index contributed by atoms with van der Waals surface area (Å²) >= 11 is 0. The maximum absolute atomic E-state index is 12.3. The number of rotatable bonds is 6. The van der Waals surface area contributed by atoms with Gasteiger partial charge in [-0.05, 0) is 51.7 Å². The van der Waals surface area contributed by atoms with E-state index in [4.69, 9.17) is 5.14 Å². The predicted octanol–water partition coefficient (Wildman–Crippen LogP) is -1.00. The van der Waals surface area contributed by atoms with Gasteiger partial charge >= 0.3 is 0 Å². The second-order valence-corrected chi connectivity index (χ2v) is 7.62. The number of amides is 1. The fraction of sp³-hybridized carbons (Fsp3) is 0.923. The third-order valence-electron chi connectivity index (χ3n) is 4.28. The first-order valence-corrected chi connectivity index (χ1v) is 9.43. The molecule has 0 aliphatic carbocycles. The molecule has 2 fully saturated rings. The van der Waals surface area contributed by atoms with Crippen molar-refractivity contribution in [1.82, 2.24) is 15.5 Å². The van der Waals surface area contributed by atoms with Gasteiger partial charge in [-0.3, -0.25) is 9.69 Å². The number of nitrogens with one attached hydrogen (secondary N) is 2. The zero-order valence-corrected chi connectivity index (χ0v) is 13.2. The van der Waals surface area contributed by atoms with Crippen LogP contribution in [0.2, 0.25) is 0 Å². The van der Waals surface area contributed by atoms with Gasteiger partial charge < -0.3 is 10.6 Å². The molecule has 0 radical (unpaired) electrons. The molecule has 0 aromatic carbocycles. The first kappa shape index (κ1) is 16.7. The SMILES string of the molecule is NS(=O)(=O)CCCNC(=O)C1CCCN1C1CCNCC1. The van der Waals surface area contributed by atoms with Gasteiger partial charge in [-0.15, -0.1) is 0 Å². The number of carbonyl (C=O) groups excluding carboxylic acids is 1. The lowest BCUT2D eigenvalue weighted by Crippen LogP contribution is -2.50. The molecule has 21 heavy (non-hydrogen) atoms. The van der Waals surface area contributed by atoms with E-state index in [0.717, 1.165) is 45.3 Å². The molecule has 0 bridgehead atoms. The normalized spacial score (nSPS) is 25.1. The van der Waals surface area contributed by atoms with Crippen LogP contribution in [0.3, 0.4) is 0 Å². The molecule has 1 atom stereocenters. The fourth-order valence-electron chi connectivity index (χ4n) is 3.25. The summed E-state index contributed by atoms with van der Waals surface area (Å²) < 4.78 is 21.7.